The van der Waals surface area contributed by atoms with Crippen molar-refractivity contribution in [2.45, 2.75) is 25.6 Å². The summed E-state index contributed by atoms with van der Waals surface area (Å²) in [6.07, 6.45) is -4.26. The number of hydrogen-bond acceptors (Lipinski definition) is 2. The molecule has 0 radical (unpaired) electrons. The average molecular weight is 414 g/mol. The van der Waals surface area contributed by atoms with Crippen LogP contribution < -0.4 is 10.6 Å². The fourth-order valence-corrected chi connectivity index (χ4v) is 3.20. The lowest BCUT2D eigenvalue weighted by Gasteiger charge is -2.16. The van der Waals surface area contributed by atoms with Crippen molar-refractivity contribution >= 4 is 22.6 Å². The van der Waals surface area contributed by atoms with Gasteiger partial charge < -0.3 is 10.6 Å². The minimum Gasteiger partial charge on any atom is -0.348 e. The van der Waals surface area contributed by atoms with Gasteiger partial charge in [0.05, 0.1) is 24.6 Å². The first-order valence-electron chi connectivity index (χ1n) is 9.44. The Labute approximate surface area is 172 Å². The first-order valence-corrected chi connectivity index (χ1v) is 9.44. The van der Waals surface area contributed by atoms with E-state index in [0.717, 1.165) is 28.5 Å². The van der Waals surface area contributed by atoms with E-state index in [9.17, 15) is 22.8 Å². The summed E-state index contributed by atoms with van der Waals surface area (Å²) in [5, 5.41) is 7.27. The van der Waals surface area contributed by atoms with Crippen LogP contribution in [0.2, 0.25) is 0 Å². The molecule has 0 spiro atoms. The number of amides is 2. The van der Waals surface area contributed by atoms with Gasteiger partial charge in [-0.05, 0) is 41.0 Å². The third-order valence-corrected chi connectivity index (χ3v) is 4.79. The maximum atomic E-state index is 12.6. The largest absolute Gasteiger partial charge is 0.416 e. The number of fused-ring (bicyclic) bond motifs is 1. The van der Waals surface area contributed by atoms with Crippen molar-refractivity contribution in [3.05, 3.63) is 83.4 Å². The number of rotatable bonds is 6. The first-order chi connectivity index (χ1) is 14.2. The molecule has 2 N–H and O–H groups in total. The Morgan fingerprint density at radius 2 is 1.57 bits per heavy atom. The molecule has 1 unspecified atom stereocenters. The monoisotopic (exact) mass is 414 g/mol. The number of carbonyl (C=O) groups excluding carboxylic acids is 2. The van der Waals surface area contributed by atoms with Gasteiger partial charge in [0.25, 0.3) is 0 Å². The van der Waals surface area contributed by atoms with Gasteiger partial charge in [-0.1, -0.05) is 54.6 Å². The van der Waals surface area contributed by atoms with Gasteiger partial charge in [0.15, 0.2) is 0 Å². The highest BCUT2D eigenvalue weighted by Crippen LogP contribution is 2.29. The van der Waals surface area contributed by atoms with Crippen LogP contribution in [0, 0.1) is 0 Å². The van der Waals surface area contributed by atoms with Crippen LogP contribution in [-0.4, -0.2) is 18.4 Å². The Morgan fingerprint density at radius 3 is 2.27 bits per heavy atom. The van der Waals surface area contributed by atoms with Crippen molar-refractivity contribution in [2.75, 3.05) is 6.54 Å². The number of benzene rings is 3. The standard InChI is InChI=1S/C23H21F3N2O2/c1-15(16-9-11-19(12-10-16)23(24,25)26)28-22(30)14-27-21(29)13-18-7-4-6-17-5-2-3-8-20(17)18/h2-12,15H,13-14H2,1H3,(H,27,29)(H,28,30). The van der Waals surface area contributed by atoms with Crippen molar-refractivity contribution in [3.63, 3.8) is 0 Å². The molecule has 0 saturated heterocycles. The molecule has 1 atom stereocenters. The summed E-state index contributed by atoms with van der Waals surface area (Å²) in [5.41, 5.74) is 0.660. The summed E-state index contributed by atoms with van der Waals surface area (Å²) in [7, 11) is 0. The Hall–Kier alpha value is -3.35. The molecule has 2 amide bonds. The minimum absolute atomic E-state index is 0.142. The fraction of sp³-hybridized carbons (Fsp3) is 0.217. The van der Waals surface area contributed by atoms with Gasteiger partial charge in [-0.3, -0.25) is 9.59 Å². The average Bonchev–Trinajstić information content (AvgIpc) is 2.72. The van der Waals surface area contributed by atoms with Gasteiger partial charge >= 0.3 is 6.18 Å². The zero-order chi connectivity index (χ0) is 21.7. The minimum atomic E-state index is -4.40. The van der Waals surface area contributed by atoms with Crippen LogP contribution in [0.1, 0.15) is 29.7 Å². The molecule has 0 aliphatic heterocycles. The van der Waals surface area contributed by atoms with Gasteiger partial charge in [0, 0.05) is 0 Å². The number of nitrogens with one attached hydrogen (secondary N) is 2. The van der Waals surface area contributed by atoms with Crippen LogP contribution in [0.5, 0.6) is 0 Å². The molecule has 0 bridgehead atoms. The van der Waals surface area contributed by atoms with Crippen molar-refractivity contribution in [3.8, 4) is 0 Å². The Morgan fingerprint density at radius 1 is 0.900 bits per heavy atom. The number of carbonyl (C=O) groups is 2. The third kappa shape index (κ3) is 5.37. The van der Waals surface area contributed by atoms with Crippen LogP contribution in [0.15, 0.2) is 66.7 Å². The summed E-state index contributed by atoms with van der Waals surface area (Å²) in [5.74, 6) is -0.711. The number of hydrogen-bond donors (Lipinski definition) is 2. The van der Waals surface area contributed by atoms with E-state index in [2.05, 4.69) is 10.6 Å². The molecular formula is C23H21F3N2O2. The van der Waals surface area contributed by atoms with Crippen LogP contribution in [-0.2, 0) is 22.2 Å². The lowest BCUT2D eigenvalue weighted by molar-refractivity contribution is -0.137. The zero-order valence-corrected chi connectivity index (χ0v) is 16.3. The Bertz CT molecular complexity index is 1040. The van der Waals surface area contributed by atoms with E-state index in [1.165, 1.54) is 12.1 Å². The smallest absolute Gasteiger partial charge is 0.348 e. The highest BCUT2D eigenvalue weighted by atomic mass is 19.4. The maximum absolute atomic E-state index is 12.6. The molecule has 0 aliphatic rings. The van der Waals surface area contributed by atoms with Crippen LogP contribution in [0.3, 0.4) is 0 Å². The molecule has 156 valence electrons. The second kappa shape index (κ2) is 8.98. The first kappa shape index (κ1) is 21.4. The number of alkyl halides is 3. The summed E-state index contributed by atoms with van der Waals surface area (Å²) in [6.45, 7) is 1.45. The SMILES string of the molecule is CC(NC(=O)CNC(=O)Cc1cccc2ccccc12)c1ccc(C(F)(F)F)cc1. The summed E-state index contributed by atoms with van der Waals surface area (Å²) < 4.78 is 37.9. The lowest BCUT2D eigenvalue weighted by atomic mass is 10.0. The molecule has 30 heavy (non-hydrogen) atoms. The van der Waals surface area contributed by atoms with Gasteiger partial charge in [-0.15, -0.1) is 0 Å². The summed E-state index contributed by atoms with van der Waals surface area (Å²) >= 11 is 0. The summed E-state index contributed by atoms with van der Waals surface area (Å²) in [4.78, 5) is 24.4. The topological polar surface area (TPSA) is 58.2 Å². The van der Waals surface area contributed by atoms with E-state index in [1.807, 2.05) is 42.5 Å². The molecule has 3 aromatic rings. The molecule has 3 aromatic carbocycles. The lowest BCUT2D eigenvalue weighted by Crippen LogP contribution is -2.38. The van der Waals surface area contributed by atoms with E-state index in [-0.39, 0.29) is 18.9 Å². The predicted octanol–water partition coefficient (Wildman–Crippen LogP) is 4.39. The van der Waals surface area contributed by atoms with E-state index in [0.29, 0.717) is 5.56 Å². The van der Waals surface area contributed by atoms with Crippen molar-refractivity contribution in [1.82, 2.24) is 10.6 Å². The van der Waals surface area contributed by atoms with Gasteiger partial charge in [-0.25, -0.2) is 0 Å². The second-order valence-electron chi connectivity index (χ2n) is 7.00. The second-order valence-corrected chi connectivity index (χ2v) is 7.00. The molecule has 0 aliphatic carbocycles. The highest BCUT2D eigenvalue weighted by Gasteiger charge is 2.30. The van der Waals surface area contributed by atoms with Crippen molar-refractivity contribution < 1.29 is 22.8 Å². The van der Waals surface area contributed by atoms with E-state index in [1.54, 1.807) is 6.92 Å². The van der Waals surface area contributed by atoms with Crippen LogP contribution in [0.4, 0.5) is 13.2 Å². The van der Waals surface area contributed by atoms with Gasteiger partial charge in [0.1, 0.15) is 0 Å². The van der Waals surface area contributed by atoms with Gasteiger partial charge in [0.2, 0.25) is 11.8 Å². The molecular weight excluding hydrogens is 393 g/mol. The van der Waals surface area contributed by atoms with Crippen LogP contribution in [0.25, 0.3) is 10.8 Å². The molecule has 7 heteroatoms. The normalized spacial score (nSPS) is 12.4. The van der Waals surface area contributed by atoms with E-state index in [4.69, 9.17) is 0 Å². The summed E-state index contributed by atoms with van der Waals surface area (Å²) in [6, 6.07) is 17.6. The molecule has 0 aromatic heterocycles. The van der Waals surface area contributed by atoms with E-state index < -0.39 is 23.7 Å². The predicted molar refractivity (Wildman–Crippen MR) is 109 cm³/mol. The molecule has 3 rings (SSSR count). The Balaban J connectivity index is 1.52. The quantitative estimate of drug-likeness (QED) is 0.628. The highest BCUT2D eigenvalue weighted by molar-refractivity contribution is 5.91. The molecule has 0 heterocycles. The molecule has 4 nitrogen and oxygen atoms in total. The maximum Gasteiger partial charge on any atom is 0.416 e. The molecule has 0 fully saturated rings. The van der Waals surface area contributed by atoms with Crippen LogP contribution >= 0.6 is 0 Å². The molecule has 0 saturated carbocycles. The Kier molecular flexibility index (Phi) is 6.40. The zero-order valence-electron chi connectivity index (χ0n) is 16.3. The third-order valence-electron chi connectivity index (χ3n) is 4.79. The fourth-order valence-electron chi connectivity index (χ4n) is 3.20. The van der Waals surface area contributed by atoms with E-state index >= 15 is 0 Å². The van der Waals surface area contributed by atoms with Crippen molar-refractivity contribution in [1.29, 1.82) is 0 Å². The number of halogens is 3. The van der Waals surface area contributed by atoms with Gasteiger partial charge in [-0.2, -0.15) is 13.2 Å². The van der Waals surface area contributed by atoms with Crippen molar-refractivity contribution in [2.24, 2.45) is 0 Å².